The maximum atomic E-state index is 12.3. The topological polar surface area (TPSA) is 120 Å². The third-order valence-corrected chi connectivity index (χ3v) is 5.00. The van der Waals surface area contributed by atoms with Crippen LogP contribution in [0.2, 0.25) is 0 Å². The molecule has 9 heteroatoms. The average molecular weight is 453 g/mol. The Morgan fingerprint density at radius 1 is 1.03 bits per heavy atom. The summed E-state index contributed by atoms with van der Waals surface area (Å²) < 4.78 is 5.21. The fourth-order valence-electron chi connectivity index (χ4n) is 3.59. The molecule has 8 nitrogen and oxygen atoms in total. The Bertz CT molecular complexity index is 1210. The molecule has 0 saturated heterocycles. The Hall–Kier alpha value is -3.33. The summed E-state index contributed by atoms with van der Waals surface area (Å²) in [4.78, 5) is 35.2. The smallest absolute Gasteiger partial charge is 0.546 e. The van der Waals surface area contributed by atoms with Crippen molar-refractivity contribution in [3.05, 3.63) is 77.4 Å². The molecule has 1 aliphatic heterocycles. The van der Waals surface area contributed by atoms with Gasteiger partial charge in [-0.2, -0.15) is 0 Å². The van der Waals surface area contributed by atoms with Gasteiger partial charge in [0.25, 0.3) is 5.91 Å². The summed E-state index contributed by atoms with van der Waals surface area (Å²) >= 11 is 0. The van der Waals surface area contributed by atoms with Crippen LogP contribution in [0.5, 0.6) is 5.75 Å². The Morgan fingerprint density at radius 2 is 1.76 bits per heavy atom. The first-order chi connectivity index (χ1) is 15.4. The molecule has 1 aliphatic rings. The van der Waals surface area contributed by atoms with Gasteiger partial charge < -0.3 is 30.6 Å². The SMILES string of the molecule is Cc1cccc(NC(=O)Nc2ccc(-c3ccc(OCC(=O)[O-])c4c3CNC4=O)cc2)c1.[Na+]. The standard InChI is InChI=1S/C24H21N3O5.Na/c1-14-3-2-4-17(11-14)27-24(31)26-16-7-5-15(6-8-16)18-9-10-20(32-13-21(28)29)22-19(18)12-25-23(22)30;/h2-11H,12-13H2,1H3,(H,25,30)(H,28,29)(H2,26,27,31);/q;+1/p-1. The molecule has 162 valence electrons. The maximum absolute atomic E-state index is 12.3. The van der Waals surface area contributed by atoms with E-state index in [4.69, 9.17) is 4.74 Å². The predicted molar refractivity (Wildman–Crippen MR) is 117 cm³/mol. The molecule has 0 bridgehead atoms. The van der Waals surface area contributed by atoms with Crippen LogP contribution in [0.4, 0.5) is 16.2 Å². The third kappa shape index (κ3) is 5.73. The molecular weight excluding hydrogens is 433 g/mol. The molecule has 1 heterocycles. The van der Waals surface area contributed by atoms with Crippen LogP contribution in [0.3, 0.4) is 0 Å². The van der Waals surface area contributed by atoms with E-state index >= 15 is 0 Å². The third-order valence-electron chi connectivity index (χ3n) is 5.00. The van der Waals surface area contributed by atoms with Crippen LogP contribution in [-0.4, -0.2) is 24.5 Å². The second-order valence-electron chi connectivity index (χ2n) is 7.33. The number of benzene rings is 3. The maximum Gasteiger partial charge on any atom is 1.00 e. The number of carboxylic acids is 1. The molecule has 0 atom stereocenters. The molecule has 0 radical (unpaired) electrons. The zero-order chi connectivity index (χ0) is 22.7. The van der Waals surface area contributed by atoms with Crippen molar-refractivity contribution in [3.63, 3.8) is 0 Å². The van der Waals surface area contributed by atoms with Crippen molar-refractivity contribution in [1.82, 2.24) is 5.32 Å². The zero-order valence-corrected chi connectivity index (χ0v) is 20.2. The fraction of sp³-hybridized carbons (Fsp3) is 0.125. The molecule has 0 fully saturated rings. The van der Waals surface area contributed by atoms with E-state index in [0.717, 1.165) is 22.3 Å². The van der Waals surface area contributed by atoms with E-state index in [0.29, 0.717) is 23.5 Å². The molecule has 0 unspecified atom stereocenters. The van der Waals surface area contributed by atoms with Crippen molar-refractivity contribution in [2.75, 3.05) is 17.2 Å². The monoisotopic (exact) mass is 453 g/mol. The molecule has 0 aliphatic carbocycles. The van der Waals surface area contributed by atoms with Crippen molar-refractivity contribution in [2.45, 2.75) is 13.5 Å². The molecular formula is C24H20N3NaO5. The molecule has 33 heavy (non-hydrogen) atoms. The van der Waals surface area contributed by atoms with Gasteiger partial charge in [-0.05, 0) is 59.5 Å². The van der Waals surface area contributed by atoms with E-state index in [1.54, 1.807) is 24.3 Å². The first-order valence-corrected chi connectivity index (χ1v) is 9.92. The van der Waals surface area contributed by atoms with Crippen molar-refractivity contribution >= 4 is 29.3 Å². The summed E-state index contributed by atoms with van der Waals surface area (Å²) in [7, 11) is 0. The first kappa shape index (κ1) is 24.3. The number of ether oxygens (including phenoxy) is 1. The van der Waals surface area contributed by atoms with E-state index in [9.17, 15) is 19.5 Å². The van der Waals surface area contributed by atoms with E-state index in [1.807, 2.05) is 43.3 Å². The van der Waals surface area contributed by atoms with E-state index in [2.05, 4.69) is 16.0 Å². The fourth-order valence-corrected chi connectivity index (χ4v) is 3.59. The zero-order valence-electron chi connectivity index (χ0n) is 18.2. The minimum atomic E-state index is -1.37. The normalized spacial score (nSPS) is 11.6. The van der Waals surface area contributed by atoms with Gasteiger partial charge in [0.1, 0.15) is 12.4 Å². The van der Waals surface area contributed by atoms with Crippen molar-refractivity contribution < 1.29 is 53.8 Å². The number of carbonyl (C=O) groups is 3. The van der Waals surface area contributed by atoms with Crippen LogP contribution in [0, 0.1) is 6.92 Å². The van der Waals surface area contributed by atoms with Gasteiger partial charge in [-0.1, -0.05) is 30.3 Å². The largest absolute Gasteiger partial charge is 1.00 e. The number of nitrogens with one attached hydrogen (secondary N) is 3. The van der Waals surface area contributed by atoms with Crippen LogP contribution in [0.25, 0.3) is 11.1 Å². The summed E-state index contributed by atoms with van der Waals surface area (Å²) in [6.07, 6.45) is 0. The molecule has 3 amide bonds. The molecule has 0 aromatic heterocycles. The number of aryl methyl sites for hydroxylation is 1. The van der Waals surface area contributed by atoms with Gasteiger partial charge in [-0.3, -0.25) is 4.79 Å². The van der Waals surface area contributed by atoms with Gasteiger partial charge in [0.05, 0.1) is 11.5 Å². The van der Waals surface area contributed by atoms with E-state index in [-0.39, 0.29) is 47.2 Å². The molecule has 3 N–H and O–H groups in total. The summed E-state index contributed by atoms with van der Waals surface area (Å²) in [5, 5.41) is 19.0. The van der Waals surface area contributed by atoms with E-state index in [1.165, 1.54) is 0 Å². The summed E-state index contributed by atoms with van der Waals surface area (Å²) in [6.45, 7) is 1.62. The Morgan fingerprint density at radius 3 is 2.45 bits per heavy atom. The number of rotatable bonds is 6. The van der Waals surface area contributed by atoms with Gasteiger partial charge in [0.2, 0.25) is 0 Å². The summed E-state index contributed by atoms with van der Waals surface area (Å²) in [5.41, 5.74) is 5.06. The first-order valence-electron chi connectivity index (χ1n) is 9.92. The molecule has 4 rings (SSSR count). The number of carboxylic acid groups (broad SMARTS) is 1. The van der Waals surface area contributed by atoms with Gasteiger partial charge in [-0.15, -0.1) is 0 Å². The number of carbonyl (C=O) groups excluding carboxylic acids is 3. The number of urea groups is 1. The van der Waals surface area contributed by atoms with Crippen molar-refractivity contribution in [3.8, 4) is 16.9 Å². The number of anilines is 2. The second-order valence-corrected chi connectivity index (χ2v) is 7.33. The Labute approximate surface area is 212 Å². The number of aliphatic carboxylic acids is 1. The van der Waals surface area contributed by atoms with E-state index < -0.39 is 12.6 Å². The van der Waals surface area contributed by atoms with Crippen molar-refractivity contribution in [2.24, 2.45) is 0 Å². The van der Waals surface area contributed by atoms with Crippen LogP contribution >= 0.6 is 0 Å². The van der Waals surface area contributed by atoms with Gasteiger partial charge in [-0.25, -0.2) is 4.79 Å². The number of amides is 3. The van der Waals surface area contributed by atoms with Crippen LogP contribution in [0.1, 0.15) is 21.5 Å². The summed E-state index contributed by atoms with van der Waals surface area (Å²) in [5.74, 6) is -1.48. The number of hydrogen-bond donors (Lipinski definition) is 3. The minimum Gasteiger partial charge on any atom is -0.546 e. The average Bonchev–Trinajstić information content (AvgIpc) is 3.15. The van der Waals surface area contributed by atoms with Crippen molar-refractivity contribution in [1.29, 1.82) is 0 Å². The minimum absolute atomic E-state index is 0. The predicted octanol–water partition coefficient (Wildman–Crippen LogP) is -0.318. The molecule has 3 aromatic carbocycles. The number of fused-ring (bicyclic) bond motifs is 1. The van der Waals surface area contributed by atoms with Gasteiger partial charge in [0, 0.05) is 17.9 Å². The second kappa shape index (κ2) is 10.5. The van der Waals surface area contributed by atoms with Gasteiger partial charge in [0.15, 0.2) is 0 Å². The quantitative estimate of drug-likeness (QED) is 0.442. The van der Waals surface area contributed by atoms with Crippen LogP contribution < -0.4 is 55.4 Å². The molecule has 0 saturated carbocycles. The van der Waals surface area contributed by atoms with Gasteiger partial charge >= 0.3 is 35.6 Å². The Kier molecular flexibility index (Phi) is 7.75. The molecule has 0 spiro atoms. The van der Waals surface area contributed by atoms with Crippen LogP contribution in [-0.2, 0) is 11.3 Å². The van der Waals surface area contributed by atoms with Crippen LogP contribution in [0.15, 0.2) is 60.7 Å². The molecule has 3 aromatic rings. The number of hydrogen-bond acceptors (Lipinski definition) is 5. The summed E-state index contributed by atoms with van der Waals surface area (Å²) in [6, 6.07) is 17.7. The Balaban J connectivity index is 0.00000306.